The van der Waals surface area contributed by atoms with Crippen LogP contribution in [0, 0.1) is 13.8 Å². The Kier molecular flexibility index (Phi) is 5.68. The van der Waals surface area contributed by atoms with E-state index in [9.17, 15) is 0 Å². The van der Waals surface area contributed by atoms with Crippen molar-refractivity contribution in [3.8, 4) is 22.2 Å². The van der Waals surface area contributed by atoms with Crippen LogP contribution in [0.2, 0.25) is 0 Å². The summed E-state index contributed by atoms with van der Waals surface area (Å²) < 4.78 is 19.8. The molecule has 0 spiro atoms. The van der Waals surface area contributed by atoms with Crippen LogP contribution >= 0.6 is 8.01 Å². The third kappa shape index (κ3) is 3.81. The molecule has 0 aliphatic carbocycles. The summed E-state index contributed by atoms with van der Waals surface area (Å²) in [5, 5.41) is 7.72. The van der Waals surface area contributed by atoms with Crippen LogP contribution in [0.3, 0.4) is 0 Å². The molecule has 0 N–H and O–H groups in total. The molecule has 0 unspecified atom stereocenters. The first-order valence-corrected chi connectivity index (χ1v) is 14.3. The number of methoxy groups -OCH3 is 1. The lowest BCUT2D eigenvalue weighted by Gasteiger charge is -2.17. The summed E-state index contributed by atoms with van der Waals surface area (Å²) in [7, 11) is 0.193. The maximum Gasteiger partial charge on any atom is 0.253 e. The molecule has 190 valence electrons. The molecule has 7 aromatic rings. The van der Waals surface area contributed by atoms with Crippen molar-refractivity contribution in [3.05, 3.63) is 120 Å². The van der Waals surface area contributed by atoms with Gasteiger partial charge in [-0.05, 0) is 58.7 Å². The Morgan fingerprint density at radius 2 is 1.03 bits per heavy atom. The molecule has 0 atom stereocenters. The SMILES string of the molecule is COc1ccc2ccccc2c1-c1c(-p2oc3c(C)cccc3c3cccc(C)c3o2)ccc2ccccc12. The van der Waals surface area contributed by atoms with E-state index >= 15 is 0 Å². The quantitative estimate of drug-likeness (QED) is 0.230. The summed E-state index contributed by atoms with van der Waals surface area (Å²) in [5.41, 5.74) is 6.05. The molecule has 0 fully saturated rings. The van der Waals surface area contributed by atoms with Gasteiger partial charge in [0.15, 0.2) is 0 Å². The lowest BCUT2D eigenvalue weighted by atomic mass is 9.93. The van der Waals surface area contributed by atoms with Crippen LogP contribution in [-0.2, 0) is 0 Å². The molecule has 1 heterocycles. The van der Waals surface area contributed by atoms with Crippen molar-refractivity contribution < 1.29 is 13.1 Å². The summed E-state index contributed by atoms with van der Waals surface area (Å²) in [6.07, 6.45) is 0. The summed E-state index contributed by atoms with van der Waals surface area (Å²) in [5.74, 6) is 0.823. The number of benzene rings is 6. The number of aryl methyl sites for hydroxylation is 2. The van der Waals surface area contributed by atoms with Crippen molar-refractivity contribution in [1.82, 2.24) is 0 Å². The summed E-state index contributed by atoms with van der Waals surface area (Å²) in [6.45, 7) is 4.20. The highest BCUT2D eigenvalue weighted by molar-refractivity contribution is 7.46. The molecule has 4 heteroatoms. The minimum atomic E-state index is -1.55. The predicted molar refractivity (Wildman–Crippen MR) is 164 cm³/mol. The normalized spacial score (nSPS) is 11.5. The zero-order valence-corrected chi connectivity index (χ0v) is 23.0. The van der Waals surface area contributed by atoms with Crippen molar-refractivity contribution in [2.24, 2.45) is 0 Å². The first-order valence-electron chi connectivity index (χ1n) is 13.1. The molecule has 0 radical (unpaired) electrons. The highest BCUT2D eigenvalue weighted by Crippen LogP contribution is 2.53. The summed E-state index contributed by atoms with van der Waals surface area (Å²) >= 11 is 0. The molecule has 6 aromatic carbocycles. The van der Waals surface area contributed by atoms with Crippen LogP contribution in [-0.4, -0.2) is 7.11 Å². The second-order valence-corrected chi connectivity index (χ2v) is 11.2. The minimum Gasteiger partial charge on any atom is -0.496 e. The number of hydrogen-bond donors (Lipinski definition) is 0. The van der Waals surface area contributed by atoms with E-state index in [-0.39, 0.29) is 0 Å². The zero-order chi connectivity index (χ0) is 26.5. The molecule has 1 aromatic heterocycles. The molecule has 7 rings (SSSR count). The molecule has 0 saturated carbocycles. The lowest BCUT2D eigenvalue weighted by molar-refractivity contribution is 0.417. The molecule has 0 saturated heterocycles. The maximum atomic E-state index is 6.91. The van der Waals surface area contributed by atoms with E-state index < -0.39 is 8.01 Å². The first-order chi connectivity index (χ1) is 19.1. The average molecular weight is 527 g/mol. The van der Waals surface area contributed by atoms with Gasteiger partial charge in [-0.3, -0.25) is 0 Å². The van der Waals surface area contributed by atoms with E-state index in [4.69, 9.17) is 13.1 Å². The smallest absolute Gasteiger partial charge is 0.253 e. The Hall–Kier alpha value is -4.46. The highest BCUT2D eigenvalue weighted by Gasteiger charge is 2.22. The molecule has 0 aliphatic rings. The second-order valence-electron chi connectivity index (χ2n) is 9.89. The fourth-order valence-electron chi connectivity index (χ4n) is 5.61. The molecule has 39 heavy (non-hydrogen) atoms. The second kappa shape index (κ2) is 9.38. The van der Waals surface area contributed by atoms with Crippen molar-refractivity contribution in [2.45, 2.75) is 13.8 Å². The van der Waals surface area contributed by atoms with E-state index in [1.54, 1.807) is 7.11 Å². The summed E-state index contributed by atoms with van der Waals surface area (Å²) in [6, 6.07) is 38.1. The van der Waals surface area contributed by atoms with Gasteiger partial charge in [-0.15, -0.1) is 0 Å². The van der Waals surface area contributed by atoms with Crippen LogP contribution in [0.5, 0.6) is 5.75 Å². The van der Waals surface area contributed by atoms with E-state index in [1.807, 2.05) is 0 Å². The number of hydrogen-bond acceptors (Lipinski definition) is 3. The van der Waals surface area contributed by atoms with Gasteiger partial charge in [0.2, 0.25) is 0 Å². The van der Waals surface area contributed by atoms with Gasteiger partial charge in [-0.1, -0.05) is 97.1 Å². The van der Waals surface area contributed by atoms with E-state index in [0.29, 0.717) is 0 Å². The topological polar surface area (TPSA) is 35.5 Å². The number of rotatable bonds is 3. The zero-order valence-electron chi connectivity index (χ0n) is 22.1. The van der Waals surface area contributed by atoms with Gasteiger partial charge >= 0.3 is 0 Å². The van der Waals surface area contributed by atoms with Crippen molar-refractivity contribution >= 4 is 51.5 Å². The van der Waals surface area contributed by atoms with Crippen LogP contribution in [0.15, 0.2) is 118 Å². The predicted octanol–water partition coefficient (Wildman–Crippen LogP) is 10.9. The van der Waals surface area contributed by atoms with Gasteiger partial charge in [-0.2, -0.15) is 0 Å². The first kappa shape index (κ1) is 23.6. The Labute approximate surface area is 227 Å². The molecule has 3 nitrogen and oxygen atoms in total. The monoisotopic (exact) mass is 526 g/mol. The van der Waals surface area contributed by atoms with Crippen LogP contribution in [0.25, 0.3) is 59.9 Å². The molecular formula is C35H27O3P. The fraction of sp³-hybridized carbons (Fsp3) is 0.0857. The molecule has 0 bridgehead atoms. The van der Waals surface area contributed by atoms with Crippen LogP contribution < -0.4 is 4.74 Å². The van der Waals surface area contributed by atoms with Gasteiger partial charge < -0.3 is 13.1 Å². The maximum absolute atomic E-state index is 6.91. The molecule has 0 aliphatic heterocycles. The van der Waals surface area contributed by atoms with Gasteiger partial charge in [0.1, 0.15) is 16.9 Å². The number of ether oxygens (including phenoxy) is 1. The van der Waals surface area contributed by atoms with Crippen molar-refractivity contribution in [3.63, 3.8) is 0 Å². The molecule has 0 amide bonds. The lowest BCUT2D eigenvalue weighted by Crippen LogP contribution is -1.92. The average Bonchev–Trinajstić information content (AvgIpc) is 3.15. The number of para-hydroxylation sites is 2. The third-order valence-corrected chi connectivity index (χ3v) is 8.99. The highest BCUT2D eigenvalue weighted by atomic mass is 31.1. The Balaban J connectivity index is 1.70. The minimum absolute atomic E-state index is 0.823. The summed E-state index contributed by atoms with van der Waals surface area (Å²) in [4.78, 5) is 0. The van der Waals surface area contributed by atoms with Gasteiger partial charge in [0.25, 0.3) is 8.01 Å². The van der Waals surface area contributed by atoms with E-state index in [1.165, 1.54) is 0 Å². The Bertz CT molecular complexity index is 2020. The van der Waals surface area contributed by atoms with Gasteiger partial charge in [0, 0.05) is 21.9 Å². The van der Waals surface area contributed by atoms with Crippen molar-refractivity contribution in [1.29, 1.82) is 0 Å². The van der Waals surface area contributed by atoms with Crippen molar-refractivity contribution in [2.75, 3.05) is 7.11 Å². The Morgan fingerprint density at radius 3 is 1.62 bits per heavy atom. The van der Waals surface area contributed by atoms with E-state index in [0.717, 1.165) is 76.8 Å². The van der Waals surface area contributed by atoms with Crippen LogP contribution in [0.4, 0.5) is 0 Å². The largest absolute Gasteiger partial charge is 0.496 e. The number of fused-ring (bicyclic) bond motifs is 5. The van der Waals surface area contributed by atoms with E-state index in [2.05, 4.69) is 123 Å². The fourth-order valence-corrected chi connectivity index (χ4v) is 7.27. The molecular weight excluding hydrogens is 499 g/mol. The van der Waals surface area contributed by atoms with Gasteiger partial charge in [-0.25, -0.2) is 0 Å². The Morgan fingerprint density at radius 1 is 0.513 bits per heavy atom. The standard InChI is InChI=1S/C35H27O3P/c1-22-10-8-16-28-29-17-9-11-23(2)35(29)38-39(37-34(22)28)31-21-19-25-13-5-7-15-27(25)33(31)32-26-14-6-4-12-24(26)18-20-30(32)36-3/h4-21H,1-3H3. The van der Waals surface area contributed by atoms with Gasteiger partial charge in [0.05, 0.1) is 12.4 Å². The van der Waals surface area contributed by atoms with Crippen LogP contribution in [0.1, 0.15) is 11.1 Å². The third-order valence-electron chi connectivity index (χ3n) is 7.53.